The number of aromatic nitrogens is 2. The van der Waals surface area contributed by atoms with Crippen molar-refractivity contribution in [1.82, 2.24) is 20.2 Å². The van der Waals surface area contributed by atoms with Gasteiger partial charge < -0.3 is 5.32 Å². The average molecular weight is 300 g/mol. The molecule has 2 rings (SSSR count). The van der Waals surface area contributed by atoms with Crippen LogP contribution in [0.25, 0.3) is 0 Å². The number of sulfonamides is 1. The van der Waals surface area contributed by atoms with Crippen LogP contribution in [0.4, 0.5) is 0 Å². The van der Waals surface area contributed by atoms with Gasteiger partial charge in [0.1, 0.15) is 4.90 Å². The predicted octanol–water partition coefficient (Wildman–Crippen LogP) is 1.15. The Hall–Kier alpha value is -0.920. The van der Waals surface area contributed by atoms with Crippen molar-refractivity contribution in [1.29, 1.82) is 0 Å². The molecule has 0 bridgehead atoms. The molecule has 0 aliphatic heterocycles. The minimum Gasteiger partial charge on any atom is -0.314 e. The second-order valence-corrected chi connectivity index (χ2v) is 7.45. The Labute approximate surface area is 120 Å². The summed E-state index contributed by atoms with van der Waals surface area (Å²) in [7, 11) is -1.75. The zero-order chi connectivity index (χ0) is 14.9. The van der Waals surface area contributed by atoms with E-state index in [0.29, 0.717) is 34.7 Å². The van der Waals surface area contributed by atoms with Gasteiger partial charge in [-0.1, -0.05) is 13.8 Å². The lowest BCUT2D eigenvalue weighted by Crippen LogP contribution is -2.38. The Morgan fingerprint density at radius 3 is 2.60 bits per heavy atom. The highest BCUT2D eigenvalue weighted by atomic mass is 32.2. The molecule has 1 saturated carbocycles. The summed E-state index contributed by atoms with van der Waals surface area (Å²) in [4.78, 5) is 0.290. The molecule has 7 heteroatoms. The molecule has 0 radical (unpaired) electrons. The van der Waals surface area contributed by atoms with Gasteiger partial charge in [0.25, 0.3) is 0 Å². The molecule has 1 fully saturated rings. The molecule has 0 saturated heterocycles. The second-order valence-electron chi connectivity index (χ2n) is 5.80. The fourth-order valence-electron chi connectivity index (χ4n) is 2.90. The van der Waals surface area contributed by atoms with Crippen LogP contribution in [0.5, 0.6) is 0 Å². The number of hydrogen-bond acceptors (Lipinski definition) is 4. The minimum atomic E-state index is -3.52. The van der Waals surface area contributed by atoms with Gasteiger partial charge in [-0.2, -0.15) is 5.10 Å². The molecule has 1 aromatic heterocycles. The molecule has 1 aliphatic carbocycles. The molecule has 3 N–H and O–H groups in total. The Bertz CT molecular complexity index is 567. The van der Waals surface area contributed by atoms with Gasteiger partial charge in [0.15, 0.2) is 0 Å². The molecule has 3 atom stereocenters. The maximum Gasteiger partial charge on any atom is 0.244 e. The van der Waals surface area contributed by atoms with Gasteiger partial charge in [0.2, 0.25) is 10.0 Å². The van der Waals surface area contributed by atoms with Gasteiger partial charge >= 0.3 is 0 Å². The van der Waals surface area contributed by atoms with Crippen molar-refractivity contribution < 1.29 is 8.42 Å². The van der Waals surface area contributed by atoms with E-state index in [1.54, 1.807) is 14.0 Å². The van der Waals surface area contributed by atoms with Crippen molar-refractivity contribution in [3.63, 3.8) is 0 Å². The number of H-pyrrole nitrogens is 1. The Morgan fingerprint density at radius 2 is 2.05 bits per heavy atom. The highest BCUT2D eigenvalue weighted by molar-refractivity contribution is 7.89. The fourth-order valence-corrected chi connectivity index (χ4v) is 4.63. The molecule has 1 aliphatic rings. The maximum absolute atomic E-state index is 12.6. The van der Waals surface area contributed by atoms with Crippen LogP contribution in [-0.2, 0) is 16.6 Å². The Balaban J connectivity index is 2.25. The molecule has 1 heterocycles. The van der Waals surface area contributed by atoms with E-state index in [1.165, 1.54) is 0 Å². The van der Waals surface area contributed by atoms with Crippen molar-refractivity contribution in [2.45, 2.75) is 51.1 Å². The summed E-state index contributed by atoms with van der Waals surface area (Å²) in [6.07, 6.45) is 1.97. The number of hydrogen-bond donors (Lipinski definition) is 3. The second kappa shape index (κ2) is 5.83. The standard InChI is InChI=1S/C13H24N4O2S/c1-8-5-6-11(9(8)2)17-20(18,19)13-10(3)15-16-12(13)7-14-4/h8-9,11,14,17H,5-7H2,1-4H3,(H,15,16). The third-order valence-electron chi connectivity index (χ3n) is 4.35. The highest BCUT2D eigenvalue weighted by Crippen LogP contribution is 2.32. The molecular weight excluding hydrogens is 276 g/mol. The smallest absolute Gasteiger partial charge is 0.244 e. The number of nitrogens with zero attached hydrogens (tertiary/aromatic N) is 1. The summed E-state index contributed by atoms with van der Waals surface area (Å²) in [5, 5.41) is 9.78. The van der Waals surface area contributed by atoms with E-state index in [2.05, 4.69) is 34.1 Å². The van der Waals surface area contributed by atoms with Crippen LogP contribution in [-0.4, -0.2) is 31.7 Å². The summed E-state index contributed by atoms with van der Waals surface area (Å²) in [5.41, 5.74) is 1.12. The third-order valence-corrected chi connectivity index (χ3v) is 6.04. The molecule has 0 aromatic carbocycles. The lowest BCUT2D eigenvalue weighted by Gasteiger charge is -2.19. The normalized spacial score (nSPS) is 27.1. The third kappa shape index (κ3) is 2.89. The highest BCUT2D eigenvalue weighted by Gasteiger charge is 2.34. The molecule has 0 amide bonds. The SMILES string of the molecule is CNCc1n[nH]c(C)c1S(=O)(=O)NC1CCC(C)C1C. The average Bonchev–Trinajstić information content (AvgIpc) is 2.88. The van der Waals surface area contributed by atoms with Crippen molar-refractivity contribution in [2.24, 2.45) is 11.8 Å². The van der Waals surface area contributed by atoms with Crippen LogP contribution < -0.4 is 10.0 Å². The van der Waals surface area contributed by atoms with Gasteiger partial charge in [0, 0.05) is 12.6 Å². The largest absolute Gasteiger partial charge is 0.314 e. The zero-order valence-electron chi connectivity index (χ0n) is 12.5. The van der Waals surface area contributed by atoms with E-state index in [4.69, 9.17) is 0 Å². The van der Waals surface area contributed by atoms with Crippen LogP contribution in [0.2, 0.25) is 0 Å². The summed E-state index contributed by atoms with van der Waals surface area (Å²) in [5.74, 6) is 0.926. The van der Waals surface area contributed by atoms with Crippen LogP contribution >= 0.6 is 0 Å². The quantitative estimate of drug-likeness (QED) is 0.761. The Morgan fingerprint density at radius 1 is 1.35 bits per heavy atom. The molecule has 0 spiro atoms. The van der Waals surface area contributed by atoms with E-state index in [9.17, 15) is 8.42 Å². The van der Waals surface area contributed by atoms with Gasteiger partial charge in [-0.25, -0.2) is 13.1 Å². The monoisotopic (exact) mass is 300 g/mol. The number of aromatic amines is 1. The van der Waals surface area contributed by atoms with Gasteiger partial charge in [-0.05, 0) is 38.6 Å². The number of aryl methyl sites for hydroxylation is 1. The van der Waals surface area contributed by atoms with Gasteiger partial charge in [-0.3, -0.25) is 5.10 Å². The molecule has 3 unspecified atom stereocenters. The Kier molecular flexibility index (Phi) is 4.51. The maximum atomic E-state index is 12.6. The van der Waals surface area contributed by atoms with Crippen LogP contribution in [0.15, 0.2) is 4.90 Å². The van der Waals surface area contributed by atoms with Crippen molar-refractivity contribution >= 4 is 10.0 Å². The summed E-state index contributed by atoms with van der Waals surface area (Å²) in [6.45, 7) is 6.45. The zero-order valence-corrected chi connectivity index (χ0v) is 13.3. The lowest BCUT2D eigenvalue weighted by atomic mass is 9.98. The first-order valence-corrected chi connectivity index (χ1v) is 8.56. The minimum absolute atomic E-state index is 0.0201. The topological polar surface area (TPSA) is 86.9 Å². The van der Waals surface area contributed by atoms with Crippen molar-refractivity contribution in [2.75, 3.05) is 7.05 Å². The van der Waals surface area contributed by atoms with E-state index in [1.807, 2.05) is 0 Å². The van der Waals surface area contributed by atoms with E-state index in [0.717, 1.165) is 12.8 Å². The predicted molar refractivity (Wildman–Crippen MR) is 77.8 cm³/mol. The molecule has 114 valence electrons. The van der Waals surface area contributed by atoms with Crippen molar-refractivity contribution in [3.8, 4) is 0 Å². The van der Waals surface area contributed by atoms with E-state index < -0.39 is 10.0 Å². The first-order valence-electron chi connectivity index (χ1n) is 7.07. The van der Waals surface area contributed by atoms with Crippen molar-refractivity contribution in [3.05, 3.63) is 11.4 Å². The fraction of sp³-hybridized carbons (Fsp3) is 0.769. The molecule has 20 heavy (non-hydrogen) atoms. The lowest BCUT2D eigenvalue weighted by molar-refractivity contribution is 0.402. The number of nitrogens with one attached hydrogen (secondary N) is 3. The first kappa shape index (κ1) is 15.5. The first-order chi connectivity index (χ1) is 9.36. The van der Waals surface area contributed by atoms with E-state index >= 15 is 0 Å². The summed E-state index contributed by atoms with van der Waals surface area (Å²) >= 11 is 0. The van der Waals surface area contributed by atoms with Gasteiger partial charge in [-0.15, -0.1) is 0 Å². The van der Waals surface area contributed by atoms with Crippen LogP contribution in [0.3, 0.4) is 0 Å². The summed E-state index contributed by atoms with van der Waals surface area (Å²) in [6, 6.07) is 0.0201. The molecule has 6 nitrogen and oxygen atoms in total. The van der Waals surface area contributed by atoms with Gasteiger partial charge in [0.05, 0.1) is 11.4 Å². The number of rotatable bonds is 5. The van der Waals surface area contributed by atoms with E-state index in [-0.39, 0.29) is 6.04 Å². The van der Waals surface area contributed by atoms with Crippen LogP contribution in [0.1, 0.15) is 38.1 Å². The molecule has 1 aromatic rings. The summed E-state index contributed by atoms with van der Waals surface area (Å²) < 4.78 is 28.1. The molecular formula is C13H24N4O2S. The van der Waals surface area contributed by atoms with Crippen LogP contribution in [0, 0.1) is 18.8 Å².